The van der Waals surface area contributed by atoms with E-state index in [-0.39, 0.29) is 5.82 Å². The van der Waals surface area contributed by atoms with Gasteiger partial charge in [-0.05, 0) is 73.2 Å². The third-order valence-corrected chi connectivity index (χ3v) is 4.28. The Kier molecular flexibility index (Phi) is 3.36. The molecule has 0 aliphatic rings. The maximum Gasteiger partial charge on any atom is 0.150 e. The maximum absolute atomic E-state index is 12.9. The maximum atomic E-state index is 12.9. The van der Waals surface area contributed by atoms with Crippen LogP contribution in [0.5, 0.6) is 0 Å². The molecule has 0 bridgehead atoms. The minimum absolute atomic E-state index is 0.143. The largest absolute Gasteiger partial charge is 0.205 e. The van der Waals surface area contributed by atoms with E-state index in [1.807, 2.05) is 51.2 Å². The first-order chi connectivity index (χ1) is 4.63. The van der Waals surface area contributed by atoms with Gasteiger partial charge in [-0.15, -0.1) is 0 Å². The molecule has 0 aromatic heterocycles. The van der Waals surface area contributed by atoms with Gasteiger partial charge in [0.2, 0.25) is 0 Å². The van der Waals surface area contributed by atoms with Gasteiger partial charge in [-0.2, -0.15) is 0 Å². The number of hydrogen-bond acceptors (Lipinski definition) is 0. The standard InChI is InChI=1S/C6H2BrFI2/c7-3-1-2-4(9)5(8)6(3)10/h1-2H. The van der Waals surface area contributed by atoms with Gasteiger partial charge in [0.1, 0.15) is 0 Å². The summed E-state index contributed by atoms with van der Waals surface area (Å²) < 4.78 is 15.1. The van der Waals surface area contributed by atoms with Crippen molar-refractivity contribution in [1.82, 2.24) is 0 Å². The summed E-state index contributed by atoms with van der Waals surface area (Å²) in [6, 6.07) is 3.58. The Bertz CT molecular complexity index is 235. The Labute approximate surface area is 94.0 Å². The van der Waals surface area contributed by atoms with E-state index in [1.165, 1.54) is 0 Å². The average molecular weight is 427 g/mol. The highest BCUT2D eigenvalue weighted by Gasteiger charge is 2.05. The Morgan fingerprint density at radius 3 is 2.40 bits per heavy atom. The molecular formula is C6H2BrFI2. The first-order valence-electron chi connectivity index (χ1n) is 2.42. The van der Waals surface area contributed by atoms with Crippen LogP contribution in [0.15, 0.2) is 16.6 Å². The summed E-state index contributed by atoms with van der Waals surface area (Å²) >= 11 is 7.16. The molecule has 0 saturated heterocycles. The van der Waals surface area contributed by atoms with Crippen molar-refractivity contribution in [3.8, 4) is 0 Å². The SMILES string of the molecule is Fc1c(I)ccc(Br)c1I. The first kappa shape index (κ1) is 9.18. The summed E-state index contributed by atoms with van der Waals surface area (Å²) in [6.45, 7) is 0. The molecule has 0 unspecified atom stereocenters. The average Bonchev–Trinajstić information content (AvgIpc) is 1.93. The van der Waals surface area contributed by atoms with Crippen molar-refractivity contribution in [1.29, 1.82) is 0 Å². The normalized spacial score (nSPS) is 10.0. The van der Waals surface area contributed by atoms with Crippen LogP contribution in [-0.2, 0) is 0 Å². The van der Waals surface area contributed by atoms with Gasteiger partial charge in [-0.25, -0.2) is 4.39 Å². The Morgan fingerprint density at radius 1 is 1.30 bits per heavy atom. The highest BCUT2D eigenvalue weighted by atomic mass is 127. The van der Waals surface area contributed by atoms with E-state index >= 15 is 0 Å². The van der Waals surface area contributed by atoms with E-state index in [1.54, 1.807) is 6.07 Å². The molecule has 0 aliphatic heterocycles. The van der Waals surface area contributed by atoms with Crippen LogP contribution in [0.1, 0.15) is 0 Å². The molecule has 0 radical (unpaired) electrons. The van der Waals surface area contributed by atoms with E-state index in [0.717, 1.165) is 4.47 Å². The fourth-order valence-corrected chi connectivity index (χ4v) is 2.24. The number of benzene rings is 1. The topological polar surface area (TPSA) is 0 Å². The molecule has 0 nitrogen and oxygen atoms in total. The van der Waals surface area contributed by atoms with Crippen LogP contribution in [0.2, 0.25) is 0 Å². The first-order valence-corrected chi connectivity index (χ1v) is 5.37. The molecule has 4 heteroatoms. The van der Waals surface area contributed by atoms with Crippen LogP contribution < -0.4 is 0 Å². The summed E-state index contributed by atoms with van der Waals surface area (Å²) in [7, 11) is 0. The van der Waals surface area contributed by atoms with Crippen molar-refractivity contribution in [2.45, 2.75) is 0 Å². The van der Waals surface area contributed by atoms with E-state index in [0.29, 0.717) is 7.14 Å². The van der Waals surface area contributed by atoms with Gasteiger partial charge in [-0.3, -0.25) is 0 Å². The lowest BCUT2D eigenvalue weighted by atomic mass is 10.4. The quantitative estimate of drug-likeness (QED) is 0.336. The zero-order valence-electron chi connectivity index (χ0n) is 4.67. The number of halogens is 4. The van der Waals surface area contributed by atoms with Crippen LogP contribution in [0, 0.1) is 13.0 Å². The van der Waals surface area contributed by atoms with Crippen LogP contribution >= 0.6 is 61.1 Å². The lowest BCUT2D eigenvalue weighted by Crippen LogP contribution is -1.86. The molecule has 0 heterocycles. The minimum Gasteiger partial charge on any atom is -0.205 e. The molecule has 1 rings (SSSR count). The van der Waals surface area contributed by atoms with E-state index in [2.05, 4.69) is 15.9 Å². The number of rotatable bonds is 0. The van der Waals surface area contributed by atoms with E-state index in [9.17, 15) is 4.39 Å². The molecule has 0 spiro atoms. The fraction of sp³-hybridized carbons (Fsp3) is 0. The van der Waals surface area contributed by atoms with Crippen molar-refractivity contribution < 1.29 is 4.39 Å². The second-order valence-electron chi connectivity index (χ2n) is 1.66. The monoisotopic (exact) mass is 426 g/mol. The molecular weight excluding hydrogens is 425 g/mol. The summed E-state index contributed by atoms with van der Waals surface area (Å²) in [5.74, 6) is -0.143. The Morgan fingerprint density at radius 2 is 1.90 bits per heavy atom. The van der Waals surface area contributed by atoms with Crippen molar-refractivity contribution in [3.63, 3.8) is 0 Å². The van der Waals surface area contributed by atoms with Gasteiger partial charge < -0.3 is 0 Å². The molecule has 0 saturated carbocycles. The van der Waals surface area contributed by atoms with Gasteiger partial charge in [0.15, 0.2) is 5.82 Å². The lowest BCUT2D eigenvalue weighted by Gasteiger charge is -1.98. The highest BCUT2D eigenvalue weighted by Crippen LogP contribution is 2.24. The molecule has 0 aliphatic carbocycles. The van der Waals surface area contributed by atoms with Crippen molar-refractivity contribution in [2.24, 2.45) is 0 Å². The van der Waals surface area contributed by atoms with Crippen molar-refractivity contribution in [3.05, 3.63) is 29.6 Å². The molecule has 0 atom stereocenters. The highest BCUT2D eigenvalue weighted by molar-refractivity contribution is 14.1. The zero-order valence-corrected chi connectivity index (χ0v) is 10.6. The zero-order chi connectivity index (χ0) is 7.72. The van der Waals surface area contributed by atoms with Gasteiger partial charge in [-0.1, -0.05) is 0 Å². The van der Waals surface area contributed by atoms with Crippen LogP contribution in [0.25, 0.3) is 0 Å². The molecule has 0 amide bonds. The van der Waals surface area contributed by atoms with Crippen LogP contribution in [0.3, 0.4) is 0 Å². The molecule has 1 aromatic carbocycles. The van der Waals surface area contributed by atoms with Gasteiger partial charge in [0.05, 0.1) is 3.57 Å². The predicted molar refractivity (Wildman–Crippen MR) is 59.5 cm³/mol. The van der Waals surface area contributed by atoms with E-state index in [4.69, 9.17) is 0 Å². The smallest absolute Gasteiger partial charge is 0.150 e. The van der Waals surface area contributed by atoms with Crippen molar-refractivity contribution >= 4 is 61.1 Å². The summed E-state index contributed by atoms with van der Waals surface area (Å²) in [5, 5.41) is 0. The van der Waals surface area contributed by atoms with Crippen LogP contribution in [-0.4, -0.2) is 0 Å². The predicted octanol–water partition coefficient (Wildman–Crippen LogP) is 3.80. The number of hydrogen-bond donors (Lipinski definition) is 0. The lowest BCUT2D eigenvalue weighted by molar-refractivity contribution is 0.611. The van der Waals surface area contributed by atoms with Crippen molar-refractivity contribution in [2.75, 3.05) is 0 Å². The minimum atomic E-state index is -0.143. The molecule has 0 fully saturated rings. The van der Waals surface area contributed by atoms with E-state index < -0.39 is 0 Å². The molecule has 1 aromatic rings. The molecule has 0 N–H and O–H groups in total. The van der Waals surface area contributed by atoms with Gasteiger partial charge >= 0.3 is 0 Å². The second kappa shape index (κ2) is 3.66. The fourth-order valence-electron chi connectivity index (χ4n) is 0.502. The summed E-state index contributed by atoms with van der Waals surface area (Å²) in [4.78, 5) is 0. The Balaban J connectivity index is 3.34. The van der Waals surface area contributed by atoms with Crippen LogP contribution in [0.4, 0.5) is 4.39 Å². The third kappa shape index (κ3) is 1.82. The third-order valence-electron chi connectivity index (χ3n) is 0.988. The Hall–Kier alpha value is 1.09. The summed E-state index contributed by atoms with van der Waals surface area (Å²) in [5.41, 5.74) is 0. The van der Waals surface area contributed by atoms with Gasteiger partial charge in [0.25, 0.3) is 0 Å². The van der Waals surface area contributed by atoms with Gasteiger partial charge in [0, 0.05) is 8.04 Å². The summed E-state index contributed by atoms with van der Waals surface area (Å²) in [6.07, 6.45) is 0. The molecule has 54 valence electrons. The molecule has 10 heavy (non-hydrogen) atoms. The second-order valence-corrected chi connectivity index (χ2v) is 4.75.